The SMILES string of the molecule is CSCC(C)CNC(=O)C1CCC(C(=O)O)C1. The molecule has 98 valence electrons. The Labute approximate surface area is 107 Å². The van der Waals surface area contributed by atoms with E-state index >= 15 is 0 Å². The third-order valence-electron chi connectivity index (χ3n) is 3.23. The van der Waals surface area contributed by atoms with Crippen molar-refractivity contribution in [3.63, 3.8) is 0 Å². The zero-order valence-corrected chi connectivity index (χ0v) is 11.3. The van der Waals surface area contributed by atoms with Gasteiger partial charge in [-0.05, 0) is 37.2 Å². The summed E-state index contributed by atoms with van der Waals surface area (Å²) in [5.41, 5.74) is 0. The van der Waals surface area contributed by atoms with Crippen LogP contribution in [-0.4, -0.2) is 35.5 Å². The average Bonchev–Trinajstić information content (AvgIpc) is 2.75. The summed E-state index contributed by atoms with van der Waals surface area (Å²) in [5.74, 6) is 0.332. The Kier molecular flexibility index (Phi) is 5.82. The number of aliphatic carboxylic acids is 1. The van der Waals surface area contributed by atoms with Crippen LogP contribution < -0.4 is 5.32 Å². The van der Waals surface area contributed by atoms with E-state index in [2.05, 4.69) is 12.2 Å². The lowest BCUT2D eigenvalue weighted by molar-refractivity contribution is -0.141. The van der Waals surface area contributed by atoms with Crippen molar-refractivity contribution in [1.29, 1.82) is 0 Å². The van der Waals surface area contributed by atoms with Gasteiger partial charge in [-0.15, -0.1) is 0 Å². The molecule has 1 fully saturated rings. The first-order valence-electron chi connectivity index (χ1n) is 6.04. The molecule has 1 aliphatic carbocycles. The van der Waals surface area contributed by atoms with Crippen LogP contribution in [0.1, 0.15) is 26.2 Å². The monoisotopic (exact) mass is 259 g/mol. The van der Waals surface area contributed by atoms with Gasteiger partial charge in [-0.25, -0.2) is 0 Å². The summed E-state index contributed by atoms with van der Waals surface area (Å²) in [5, 5.41) is 11.8. The molecule has 17 heavy (non-hydrogen) atoms. The van der Waals surface area contributed by atoms with Crippen LogP contribution >= 0.6 is 11.8 Å². The first-order chi connectivity index (χ1) is 8.04. The summed E-state index contributed by atoms with van der Waals surface area (Å²) in [6.07, 6.45) is 3.89. The molecule has 0 aromatic carbocycles. The Morgan fingerprint density at radius 3 is 2.59 bits per heavy atom. The highest BCUT2D eigenvalue weighted by Crippen LogP contribution is 2.31. The molecule has 1 saturated carbocycles. The summed E-state index contributed by atoms with van der Waals surface area (Å²) in [6, 6.07) is 0. The number of thioether (sulfide) groups is 1. The van der Waals surface area contributed by atoms with E-state index in [9.17, 15) is 9.59 Å². The van der Waals surface area contributed by atoms with Crippen LogP contribution in [0.3, 0.4) is 0 Å². The van der Waals surface area contributed by atoms with E-state index < -0.39 is 5.97 Å². The standard InChI is InChI=1S/C12H21NO3S/c1-8(7-17-2)6-13-11(14)9-3-4-10(5-9)12(15)16/h8-10H,3-7H2,1-2H3,(H,13,14)(H,15,16). The second-order valence-electron chi connectivity index (χ2n) is 4.85. The number of carbonyl (C=O) groups is 2. The molecule has 3 atom stereocenters. The number of carbonyl (C=O) groups excluding carboxylic acids is 1. The molecule has 0 bridgehead atoms. The van der Waals surface area contributed by atoms with Crippen LogP contribution in [0.25, 0.3) is 0 Å². The van der Waals surface area contributed by atoms with E-state index in [4.69, 9.17) is 5.11 Å². The van der Waals surface area contributed by atoms with Crippen molar-refractivity contribution in [1.82, 2.24) is 5.32 Å². The van der Waals surface area contributed by atoms with Crippen molar-refractivity contribution in [3.05, 3.63) is 0 Å². The quantitative estimate of drug-likeness (QED) is 0.760. The molecule has 2 N–H and O–H groups in total. The predicted molar refractivity (Wildman–Crippen MR) is 69.0 cm³/mol. The zero-order chi connectivity index (χ0) is 12.8. The second kappa shape index (κ2) is 6.89. The number of hydrogen-bond donors (Lipinski definition) is 2. The molecule has 0 heterocycles. The van der Waals surface area contributed by atoms with Gasteiger partial charge in [-0.1, -0.05) is 6.92 Å². The molecule has 0 saturated heterocycles. The van der Waals surface area contributed by atoms with Gasteiger partial charge in [0.15, 0.2) is 0 Å². The molecule has 0 radical (unpaired) electrons. The normalized spacial score (nSPS) is 25.5. The highest BCUT2D eigenvalue weighted by Gasteiger charge is 2.33. The lowest BCUT2D eigenvalue weighted by Crippen LogP contribution is -2.33. The van der Waals surface area contributed by atoms with Gasteiger partial charge in [0, 0.05) is 12.5 Å². The van der Waals surface area contributed by atoms with Gasteiger partial charge in [0.1, 0.15) is 0 Å². The van der Waals surface area contributed by atoms with Crippen LogP contribution in [0.15, 0.2) is 0 Å². The Balaban J connectivity index is 2.27. The molecule has 1 amide bonds. The first-order valence-corrected chi connectivity index (χ1v) is 7.43. The summed E-state index contributed by atoms with van der Waals surface area (Å²) in [6.45, 7) is 2.79. The minimum Gasteiger partial charge on any atom is -0.481 e. The molecule has 3 unspecified atom stereocenters. The van der Waals surface area contributed by atoms with E-state index in [0.717, 1.165) is 5.75 Å². The number of carboxylic acid groups (broad SMARTS) is 1. The summed E-state index contributed by atoms with van der Waals surface area (Å²) >= 11 is 1.77. The third kappa shape index (κ3) is 4.58. The Hall–Kier alpha value is -0.710. The minimum absolute atomic E-state index is 0.0294. The van der Waals surface area contributed by atoms with Gasteiger partial charge in [0.2, 0.25) is 5.91 Å². The van der Waals surface area contributed by atoms with Crippen LogP contribution in [-0.2, 0) is 9.59 Å². The molecule has 0 aromatic rings. The predicted octanol–water partition coefficient (Wildman–Crippen LogP) is 1.60. The maximum absolute atomic E-state index is 11.8. The molecule has 1 rings (SSSR count). The van der Waals surface area contributed by atoms with Gasteiger partial charge in [0.25, 0.3) is 0 Å². The van der Waals surface area contributed by atoms with Crippen molar-refractivity contribution >= 4 is 23.6 Å². The van der Waals surface area contributed by atoms with E-state index in [1.54, 1.807) is 11.8 Å². The number of amides is 1. The Morgan fingerprint density at radius 2 is 2.06 bits per heavy atom. The number of nitrogens with one attached hydrogen (secondary N) is 1. The van der Waals surface area contributed by atoms with Crippen LogP contribution in [0.5, 0.6) is 0 Å². The van der Waals surface area contributed by atoms with Crippen LogP contribution in [0.4, 0.5) is 0 Å². The number of hydrogen-bond acceptors (Lipinski definition) is 3. The lowest BCUT2D eigenvalue weighted by atomic mass is 10.0. The molecule has 0 spiro atoms. The molecule has 0 aromatic heterocycles. The fraction of sp³-hybridized carbons (Fsp3) is 0.833. The van der Waals surface area contributed by atoms with E-state index in [1.165, 1.54) is 0 Å². The van der Waals surface area contributed by atoms with Crippen molar-refractivity contribution in [2.45, 2.75) is 26.2 Å². The zero-order valence-electron chi connectivity index (χ0n) is 10.4. The van der Waals surface area contributed by atoms with E-state index in [0.29, 0.717) is 31.7 Å². The van der Waals surface area contributed by atoms with Gasteiger partial charge >= 0.3 is 5.97 Å². The number of carboxylic acids is 1. The fourth-order valence-electron chi connectivity index (χ4n) is 2.21. The maximum atomic E-state index is 11.8. The fourth-order valence-corrected chi connectivity index (χ4v) is 2.89. The molecule has 5 heteroatoms. The van der Waals surface area contributed by atoms with Gasteiger partial charge < -0.3 is 10.4 Å². The Bertz CT molecular complexity index is 283. The summed E-state index contributed by atoms with van der Waals surface area (Å²) in [7, 11) is 0. The second-order valence-corrected chi connectivity index (χ2v) is 5.76. The van der Waals surface area contributed by atoms with Gasteiger partial charge in [0.05, 0.1) is 5.92 Å². The van der Waals surface area contributed by atoms with Crippen molar-refractivity contribution in [3.8, 4) is 0 Å². The Morgan fingerprint density at radius 1 is 1.41 bits per heavy atom. The largest absolute Gasteiger partial charge is 0.481 e. The highest BCUT2D eigenvalue weighted by atomic mass is 32.2. The van der Waals surface area contributed by atoms with E-state index in [-0.39, 0.29) is 17.7 Å². The molecular formula is C12H21NO3S. The van der Waals surface area contributed by atoms with Gasteiger partial charge in [-0.2, -0.15) is 11.8 Å². The highest BCUT2D eigenvalue weighted by molar-refractivity contribution is 7.98. The summed E-state index contributed by atoms with van der Waals surface area (Å²) < 4.78 is 0. The van der Waals surface area contributed by atoms with Crippen LogP contribution in [0.2, 0.25) is 0 Å². The van der Waals surface area contributed by atoms with Crippen molar-refractivity contribution in [2.75, 3.05) is 18.6 Å². The molecule has 4 nitrogen and oxygen atoms in total. The number of rotatable bonds is 6. The van der Waals surface area contributed by atoms with Crippen molar-refractivity contribution < 1.29 is 14.7 Å². The van der Waals surface area contributed by atoms with E-state index in [1.807, 2.05) is 6.26 Å². The van der Waals surface area contributed by atoms with Gasteiger partial charge in [-0.3, -0.25) is 9.59 Å². The van der Waals surface area contributed by atoms with Crippen molar-refractivity contribution in [2.24, 2.45) is 17.8 Å². The minimum atomic E-state index is -0.768. The maximum Gasteiger partial charge on any atom is 0.306 e. The first kappa shape index (κ1) is 14.4. The molecular weight excluding hydrogens is 238 g/mol. The average molecular weight is 259 g/mol. The summed E-state index contributed by atoms with van der Waals surface area (Å²) in [4.78, 5) is 22.6. The topological polar surface area (TPSA) is 66.4 Å². The van der Waals surface area contributed by atoms with Crippen LogP contribution in [0, 0.1) is 17.8 Å². The lowest BCUT2D eigenvalue weighted by Gasteiger charge is -2.14. The molecule has 1 aliphatic rings. The smallest absolute Gasteiger partial charge is 0.306 e. The molecule has 0 aliphatic heterocycles. The third-order valence-corrected chi connectivity index (χ3v) is 4.13.